The second kappa shape index (κ2) is 5.17. The number of nitrogens with zero attached hydrogens (tertiary/aromatic N) is 1. The standard InChI is InChI=1S/C11H13NO2/c1-9(11(13)14-2)12-8-10-6-4-3-5-7-10/h3-9H,1-2H3/t9-/m0/s1/i8D. The predicted octanol–water partition coefficient (Wildman–Crippen LogP) is 1.67. The van der Waals surface area contributed by atoms with Gasteiger partial charge >= 0.3 is 5.97 Å². The minimum Gasteiger partial charge on any atom is -0.467 e. The number of esters is 1. The summed E-state index contributed by atoms with van der Waals surface area (Å²) in [5, 5.41) is 0. The van der Waals surface area contributed by atoms with Gasteiger partial charge in [0.2, 0.25) is 0 Å². The summed E-state index contributed by atoms with van der Waals surface area (Å²) in [5.74, 6) is -0.435. The van der Waals surface area contributed by atoms with Crippen LogP contribution in [0, 0.1) is 0 Å². The molecule has 1 aromatic rings. The van der Waals surface area contributed by atoms with E-state index in [1.54, 1.807) is 19.1 Å². The Kier molecular flexibility index (Phi) is 3.30. The Morgan fingerprint density at radius 3 is 2.79 bits per heavy atom. The molecule has 1 aromatic carbocycles. The van der Waals surface area contributed by atoms with Crippen LogP contribution in [0.25, 0.3) is 0 Å². The predicted molar refractivity (Wildman–Crippen MR) is 55.5 cm³/mol. The summed E-state index contributed by atoms with van der Waals surface area (Å²) in [6.07, 6.45) is 0.0912. The van der Waals surface area contributed by atoms with Crippen molar-refractivity contribution in [2.45, 2.75) is 13.0 Å². The van der Waals surface area contributed by atoms with Crippen LogP contribution < -0.4 is 0 Å². The van der Waals surface area contributed by atoms with Crippen molar-refractivity contribution >= 4 is 12.2 Å². The summed E-state index contributed by atoms with van der Waals surface area (Å²) in [7, 11) is 1.31. The van der Waals surface area contributed by atoms with Gasteiger partial charge in [0.1, 0.15) is 6.04 Å². The van der Waals surface area contributed by atoms with Crippen molar-refractivity contribution in [3.05, 3.63) is 35.9 Å². The molecular weight excluding hydrogens is 178 g/mol. The molecule has 1 rings (SSSR count). The summed E-state index contributed by atoms with van der Waals surface area (Å²) in [5.41, 5.74) is 0.688. The Hall–Kier alpha value is -1.64. The molecule has 0 aliphatic carbocycles. The number of carbonyl (C=O) groups excluding carboxylic acids is 1. The van der Waals surface area contributed by atoms with E-state index in [1.807, 2.05) is 18.2 Å². The van der Waals surface area contributed by atoms with Gasteiger partial charge in [-0.05, 0) is 12.5 Å². The average molecular weight is 192 g/mol. The number of ether oxygens (including phenoxy) is 1. The Labute approximate surface area is 84.8 Å². The Bertz CT molecular complexity index is 362. The normalized spacial score (nSPS) is 14.4. The van der Waals surface area contributed by atoms with Crippen molar-refractivity contribution in [2.24, 2.45) is 4.99 Å². The SMILES string of the molecule is [2H]C(=N[C@@H](C)C(=O)OC)c1ccccc1. The van der Waals surface area contributed by atoms with Gasteiger partial charge in [0.15, 0.2) is 0 Å². The lowest BCUT2D eigenvalue weighted by Crippen LogP contribution is -2.16. The van der Waals surface area contributed by atoms with E-state index >= 15 is 0 Å². The third kappa shape index (κ3) is 3.01. The molecule has 0 aliphatic rings. The van der Waals surface area contributed by atoms with Crippen LogP contribution in [0.4, 0.5) is 0 Å². The monoisotopic (exact) mass is 192 g/mol. The molecule has 14 heavy (non-hydrogen) atoms. The molecule has 74 valence electrons. The van der Waals surface area contributed by atoms with E-state index in [4.69, 9.17) is 1.37 Å². The average Bonchev–Trinajstić information content (AvgIpc) is 2.29. The molecule has 0 amide bonds. The molecular formula is C11H13NO2. The van der Waals surface area contributed by atoms with E-state index in [-0.39, 0.29) is 6.19 Å². The van der Waals surface area contributed by atoms with Crippen molar-refractivity contribution < 1.29 is 10.9 Å². The van der Waals surface area contributed by atoms with Gasteiger partial charge < -0.3 is 4.74 Å². The minimum absolute atomic E-state index is 0.0912. The smallest absolute Gasteiger partial charge is 0.330 e. The second-order valence-corrected chi connectivity index (χ2v) is 2.81. The van der Waals surface area contributed by atoms with Crippen LogP contribution in [0.1, 0.15) is 13.9 Å². The first-order chi connectivity index (χ1) is 7.15. The van der Waals surface area contributed by atoms with Crippen molar-refractivity contribution in [3.63, 3.8) is 0 Å². The quantitative estimate of drug-likeness (QED) is 0.539. The molecule has 0 fully saturated rings. The lowest BCUT2D eigenvalue weighted by Gasteiger charge is -2.02. The van der Waals surface area contributed by atoms with Gasteiger partial charge in [-0.3, -0.25) is 4.99 Å². The fourth-order valence-electron chi connectivity index (χ4n) is 0.907. The van der Waals surface area contributed by atoms with E-state index in [2.05, 4.69) is 9.73 Å². The minimum atomic E-state index is -0.636. The maximum absolute atomic E-state index is 11.1. The molecule has 0 aliphatic heterocycles. The summed E-state index contributed by atoms with van der Waals surface area (Å²) in [6, 6.07) is 8.42. The summed E-state index contributed by atoms with van der Waals surface area (Å²) >= 11 is 0. The van der Waals surface area contributed by atoms with Crippen LogP contribution in [-0.2, 0) is 9.53 Å². The van der Waals surface area contributed by atoms with Gasteiger partial charge in [-0.1, -0.05) is 30.3 Å². The number of hydrogen-bond acceptors (Lipinski definition) is 3. The summed E-state index contributed by atoms with van der Waals surface area (Å²) in [6.45, 7) is 1.60. The van der Waals surface area contributed by atoms with Crippen LogP contribution in [0.2, 0.25) is 0 Å². The van der Waals surface area contributed by atoms with E-state index in [0.717, 1.165) is 0 Å². The lowest BCUT2D eigenvalue weighted by atomic mass is 10.2. The Morgan fingerprint density at radius 2 is 2.21 bits per heavy atom. The largest absolute Gasteiger partial charge is 0.467 e. The second-order valence-electron chi connectivity index (χ2n) is 2.81. The molecule has 0 spiro atoms. The summed E-state index contributed by atoms with van der Waals surface area (Å²) < 4.78 is 12.2. The van der Waals surface area contributed by atoms with Crippen molar-refractivity contribution in [1.29, 1.82) is 0 Å². The number of aliphatic imine (C=N–C) groups is 1. The zero-order valence-corrected chi connectivity index (χ0v) is 8.23. The fraction of sp³-hybridized carbons (Fsp3) is 0.273. The van der Waals surface area contributed by atoms with Crippen LogP contribution in [0.15, 0.2) is 35.3 Å². The van der Waals surface area contributed by atoms with Crippen LogP contribution >= 0.6 is 0 Å². The van der Waals surface area contributed by atoms with Crippen molar-refractivity contribution in [1.82, 2.24) is 0 Å². The number of benzene rings is 1. The van der Waals surface area contributed by atoms with Crippen molar-refractivity contribution in [3.8, 4) is 0 Å². The highest BCUT2D eigenvalue weighted by Gasteiger charge is 2.09. The molecule has 0 saturated heterocycles. The summed E-state index contributed by atoms with van der Waals surface area (Å²) in [4.78, 5) is 15.0. The first-order valence-electron chi connectivity index (χ1n) is 4.83. The van der Waals surface area contributed by atoms with Gasteiger partial charge in [0, 0.05) is 6.19 Å². The van der Waals surface area contributed by atoms with Crippen LogP contribution in [0.3, 0.4) is 0 Å². The highest BCUT2D eigenvalue weighted by atomic mass is 16.5. The molecule has 0 radical (unpaired) electrons. The zero-order chi connectivity index (χ0) is 11.3. The van der Waals surface area contributed by atoms with E-state index in [1.165, 1.54) is 7.11 Å². The van der Waals surface area contributed by atoms with Crippen LogP contribution in [0.5, 0.6) is 0 Å². The highest BCUT2D eigenvalue weighted by Crippen LogP contribution is 1.97. The molecule has 0 heterocycles. The third-order valence-electron chi connectivity index (χ3n) is 1.70. The van der Waals surface area contributed by atoms with Crippen molar-refractivity contribution in [2.75, 3.05) is 7.11 Å². The fourth-order valence-corrected chi connectivity index (χ4v) is 0.907. The number of rotatable bonds is 3. The number of hydrogen-bond donors (Lipinski definition) is 0. The third-order valence-corrected chi connectivity index (χ3v) is 1.70. The van der Waals surface area contributed by atoms with E-state index < -0.39 is 12.0 Å². The molecule has 0 unspecified atom stereocenters. The number of methoxy groups -OCH3 is 1. The molecule has 0 bridgehead atoms. The van der Waals surface area contributed by atoms with Gasteiger partial charge in [0.05, 0.1) is 8.48 Å². The highest BCUT2D eigenvalue weighted by molar-refractivity contribution is 5.83. The maximum atomic E-state index is 11.1. The molecule has 0 N–H and O–H groups in total. The van der Waals surface area contributed by atoms with E-state index in [0.29, 0.717) is 5.56 Å². The lowest BCUT2D eigenvalue weighted by molar-refractivity contribution is -0.141. The van der Waals surface area contributed by atoms with Gasteiger partial charge in [-0.25, -0.2) is 4.79 Å². The first kappa shape index (κ1) is 8.94. The zero-order valence-electron chi connectivity index (χ0n) is 9.23. The molecule has 3 heteroatoms. The first-order valence-corrected chi connectivity index (χ1v) is 4.33. The molecule has 0 aromatic heterocycles. The Balaban J connectivity index is 2.80. The Morgan fingerprint density at radius 1 is 1.57 bits per heavy atom. The van der Waals surface area contributed by atoms with Crippen LogP contribution in [-0.4, -0.2) is 25.3 Å². The van der Waals surface area contributed by atoms with E-state index in [9.17, 15) is 4.79 Å². The maximum Gasteiger partial charge on any atom is 0.330 e. The van der Waals surface area contributed by atoms with Gasteiger partial charge in [-0.2, -0.15) is 0 Å². The topological polar surface area (TPSA) is 38.7 Å². The number of carbonyl (C=O) groups is 1. The molecule has 0 saturated carbocycles. The molecule has 1 atom stereocenters. The van der Waals surface area contributed by atoms with Gasteiger partial charge in [0.25, 0.3) is 0 Å². The van der Waals surface area contributed by atoms with Gasteiger partial charge in [-0.15, -0.1) is 0 Å². The molecule has 3 nitrogen and oxygen atoms in total.